The second-order valence-corrected chi connectivity index (χ2v) is 6.11. The summed E-state index contributed by atoms with van der Waals surface area (Å²) in [6.45, 7) is 4.94. The Balaban J connectivity index is 2.32. The Hall–Kier alpha value is -3.75. The number of aryl methyl sites for hydroxylation is 1. The highest BCUT2D eigenvalue weighted by molar-refractivity contribution is 6.11. The van der Waals surface area contributed by atoms with Gasteiger partial charge in [-0.1, -0.05) is 0 Å². The molecule has 0 aliphatic rings. The van der Waals surface area contributed by atoms with Crippen LogP contribution < -0.4 is 14.8 Å². The quantitative estimate of drug-likeness (QED) is 0.473. The third-order valence-electron chi connectivity index (χ3n) is 4.14. The smallest absolute Gasteiger partial charge is 0.344 e. The maximum atomic E-state index is 12.5. The Morgan fingerprint density at radius 2 is 1.65 bits per heavy atom. The Kier molecular flexibility index (Phi) is 8.25. The molecule has 0 atom stereocenters. The number of esters is 2. The molecular weight excluding hydrogens is 406 g/mol. The zero-order valence-electron chi connectivity index (χ0n) is 18.1. The molecule has 0 aliphatic carbocycles. The summed E-state index contributed by atoms with van der Waals surface area (Å²) in [5, 5.41) is 2.47. The highest BCUT2D eigenvalue weighted by atomic mass is 16.5. The first kappa shape index (κ1) is 23.5. The van der Waals surface area contributed by atoms with Crippen LogP contribution in [0, 0.1) is 6.92 Å². The van der Waals surface area contributed by atoms with Gasteiger partial charge < -0.3 is 23.4 Å². The highest BCUT2D eigenvalue weighted by Crippen LogP contribution is 2.29. The van der Waals surface area contributed by atoms with Gasteiger partial charge in [0.25, 0.3) is 5.91 Å². The molecule has 9 heteroatoms. The van der Waals surface area contributed by atoms with E-state index in [2.05, 4.69) is 5.32 Å². The molecule has 0 radical (unpaired) electrons. The number of anilines is 1. The SMILES string of the molecule is CCOC(=O)c1c(C)oc(NC(=O)/C=C/c2ccc(OC)cc2OC)c1C(=O)OCC. The van der Waals surface area contributed by atoms with Crippen molar-refractivity contribution in [3.05, 3.63) is 46.7 Å². The number of hydrogen-bond acceptors (Lipinski definition) is 8. The average molecular weight is 431 g/mol. The molecular formula is C22H25NO8. The van der Waals surface area contributed by atoms with E-state index < -0.39 is 17.8 Å². The van der Waals surface area contributed by atoms with Gasteiger partial charge in [0.2, 0.25) is 5.88 Å². The van der Waals surface area contributed by atoms with Crippen molar-refractivity contribution in [1.82, 2.24) is 0 Å². The molecule has 9 nitrogen and oxygen atoms in total. The van der Waals surface area contributed by atoms with Crippen LogP contribution in [0.25, 0.3) is 6.08 Å². The molecule has 0 unspecified atom stereocenters. The standard InChI is InChI=1S/C22H25NO8/c1-6-29-21(25)18-13(3)31-20(19(18)22(26)30-7-2)23-17(24)11-9-14-8-10-15(27-4)12-16(14)28-5/h8-12H,6-7H2,1-5H3,(H,23,24)/b11-9+. The number of nitrogens with one attached hydrogen (secondary N) is 1. The van der Waals surface area contributed by atoms with Crippen LogP contribution in [0.2, 0.25) is 0 Å². The number of carbonyl (C=O) groups excluding carboxylic acids is 3. The summed E-state index contributed by atoms with van der Waals surface area (Å²) in [4.78, 5) is 37.2. The summed E-state index contributed by atoms with van der Waals surface area (Å²) >= 11 is 0. The van der Waals surface area contributed by atoms with E-state index in [1.54, 1.807) is 32.0 Å². The molecule has 2 aromatic rings. The first-order valence-corrected chi connectivity index (χ1v) is 9.54. The molecule has 1 heterocycles. The van der Waals surface area contributed by atoms with Gasteiger partial charge in [0.15, 0.2) is 0 Å². The Morgan fingerprint density at radius 3 is 2.23 bits per heavy atom. The van der Waals surface area contributed by atoms with Gasteiger partial charge in [-0.2, -0.15) is 0 Å². The second-order valence-electron chi connectivity index (χ2n) is 6.11. The molecule has 2 rings (SSSR count). The fraction of sp³-hybridized carbons (Fsp3) is 0.318. The van der Waals surface area contributed by atoms with Crippen molar-refractivity contribution in [1.29, 1.82) is 0 Å². The minimum atomic E-state index is -0.807. The summed E-state index contributed by atoms with van der Waals surface area (Å²) in [5.74, 6) is -1.10. The van der Waals surface area contributed by atoms with Crippen molar-refractivity contribution >= 4 is 29.8 Å². The van der Waals surface area contributed by atoms with Gasteiger partial charge in [-0.15, -0.1) is 0 Å². The molecule has 0 bridgehead atoms. The van der Waals surface area contributed by atoms with Crippen LogP contribution in [0.3, 0.4) is 0 Å². The average Bonchev–Trinajstić information content (AvgIpc) is 3.08. The minimum absolute atomic E-state index is 0.0792. The molecule has 1 aromatic carbocycles. The fourth-order valence-electron chi connectivity index (χ4n) is 2.75. The van der Waals surface area contributed by atoms with Crippen molar-refractivity contribution in [3.8, 4) is 11.5 Å². The molecule has 1 N–H and O–H groups in total. The zero-order valence-corrected chi connectivity index (χ0v) is 18.1. The van der Waals surface area contributed by atoms with E-state index in [0.717, 1.165) is 0 Å². The third kappa shape index (κ3) is 5.65. The topological polar surface area (TPSA) is 113 Å². The normalized spacial score (nSPS) is 10.6. The summed E-state index contributed by atoms with van der Waals surface area (Å²) < 4.78 is 25.9. The van der Waals surface area contributed by atoms with Gasteiger partial charge in [0.05, 0.1) is 27.4 Å². The largest absolute Gasteiger partial charge is 0.497 e. The molecule has 0 saturated heterocycles. The maximum absolute atomic E-state index is 12.5. The van der Waals surface area contributed by atoms with E-state index in [-0.39, 0.29) is 36.0 Å². The van der Waals surface area contributed by atoms with Crippen LogP contribution in [0.5, 0.6) is 11.5 Å². The van der Waals surface area contributed by atoms with Crippen molar-refractivity contribution in [2.24, 2.45) is 0 Å². The monoisotopic (exact) mass is 431 g/mol. The number of ether oxygens (including phenoxy) is 4. The molecule has 31 heavy (non-hydrogen) atoms. The molecule has 0 aliphatic heterocycles. The van der Waals surface area contributed by atoms with Crippen molar-refractivity contribution in [2.45, 2.75) is 20.8 Å². The lowest BCUT2D eigenvalue weighted by Crippen LogP contribution is -2.16. The first-order valence-electron chi connectivity index (χ1n) is 9.54. The lowest BCUT2D eigenvalue weighted by Gasteiger charge is -2.07. The van der Waals surface area contributed by atoms with E-state index in [1.807, 2.05) is 0 Å². The number of hydrogen-bond donors (Lipinski definition) is 1. The summed E-state index contributed by atoms with van der Waals surface area (Å²) in [6.07, 6.45) is 2.76. The third-order valence-corrected chi connectivity index (χ3v) is 4.14. The number of carbonyl (C=O) groups is 3. The predicted molar refractivity (Wildman–Crippen MR) is 113 cm³/mol. The minimum Gasteiger partial charge on any atom is -0.497 e. The van der Waals surface area contributed by atoms with Crippen molar-refractivity contribution in [3.63, 3.8) is 0 Å². The Bertz CT molecular complexity index is 990. The summed E-state index contributed by atoms with van der Waals surface area (Å²) in [7, 11) is 3.04. The van der Waals surface area contributed by atoms with Crippen LogP contribution in [-0.2, 0) is 14.3 Å². The number of furan rings is 1. The lowest BCUT2D eigenvalue weighted by molar-refractivity contribution is -0.111. The van der Waals surface area contributed by atoms with E-state index in [9.17, 15) is 14.4 Å². The Morgan fingerprint density at radius 1 is 1.00 bits per heavy atom. The van der Waals surface area contributed by atoms with Crippen LogP contribution >= 0.6 is 0 Å². The van der Waals surface area contributed by atoms with E-state index >= 15 is 0 Å². The second kappa shape index (κ2) is 10.9. The number of rotatable bonds is 9. The molecule has 1 aromatic heterocycles. The zero-order chi connectivity index (χ0) is 23.0. The molecule has 0 spiro atoms. The van der Waals surface area contributed by atoms with Gasteiger partial charge in [0, 0.05) is 17.7 Å². The Labute approximate surface area is 179 Å². The van der Waals surface area contributed by atoms with E-state index in [4.69, 9.17) is 23.4 Å². The van der Waals surface area contributed by atoms with Gasteiger partial charge >= 0.3 is 11.9 Å². The molecule has 0 fully saturated rings. The highest BCUT2D eigenvalue weighted by Gasteiger charge is 2.31. The van der Waals surface area contributed by atoms with Gasteiger partial charge in [-0.25, -0.2) is 9.59 Å². The first-order chi connectivity index (χ1) is 14.9. The van der Waals surface area contributed by atoms with Crippen LogP contribution in [0.4, 0.5) is 5.88 Å². The number of benzene rings is 1. The molecule has 0 saturated carbocycles. The molecule has 1 amide bonds. The van der Waals surface area contributed by atoms with Crippen molar-refractivity contribution < 1.29 is 37.7 Å². The molecule has 166 valence electrons. The fourth-order valence-corrected chi connectivity index (χ4v) is 2.75. The van der Waals surface area contributed by atoms with E-state index in [1.165, 1.54) is 33.3 Å². The van der Waals surface area contributed by atoms with Crippen molar-refractivity contribution in [2.75, 3.05) is 32.8 Å². The van der Waals surface area contributed by atoms with Crippen LogP contribution in [0.1, 0.15) is 45.9 Å². The number of methoxy groups -OCH3 is 2. The summed E-state index contributed by atoms with van der Waals surface area (Å²) in [6, 6.07) is 5.12. The predicted octanol–water partition coefficient (Wildman–Crippen LogP) is 3.61. The summed E-state index contributed by atoms with van der Waals surface area (Å²) in [5.41, 5.74) is 0.352. The number of amides is 1. The van der Waals surface area contributed by atoms with Gasteiger partial charge in [-0.3, -0.25) is 10.1 Å². The maximum Gasteiger partial charge on any atom is 0.344 e. The van der Waals surface area contributed by atoms with Crippen LogP contribution in [-0.4, -0.2) is 45.3 Å². The van der Waals surface area contributed by atoms with Gasteiger partial charge in [0.1, 0.15) is 28.4 Å². The van der Waals surface area contributed by atoms with Crippen LogP contribution in [0.15, 0.2) is 28.7 Å². The van der Waals surface area contributed by atoms with Gasteiger partial charge in [-0.05, 0) is 39.0 Å². The van der Waals surface area contributed by atoms with E-state index in [0.29, 0.717) is 17.1 Å². The lowest BCUT2D eigenvalue weighted by atomic mass is 10.1.